The van der Waals surface area contributed by atoms with Crippen molar-refractivity contribution in [3.63, 3.8) is 0 Å². The van der Waals surface area contributed by atoms with Crippen LogP contribution in [-0.4, -0.2) is 17.2 Å². The fraction of sp³-hybridized carbons (Fsp3) is 0.0769. The Morgan fingerprint density at radius 3 is 2.11 bits per heavy atom. The van der Waals surface area contributed by atoms with Crippen LogP contribution in [0.1, 0.15) is 5.56 Å². The van der Waals surface area contributed by atoms with Crippen molar-refractivity contribution < 1.29 is 14.8 Å². The van der Waals surface area contributed by atoms with Crippen molar-refractivity contribution in [3.05, 3.63) is 58.1 Å². The maximum atomic E-state index is 9.07. The van der Waals surface area contributed by atoms with Gasteiger partial charge in [-0.15, -0.1) is 0 Å². The van der Waals surface area contributed by atoms with Crippen LogP contribution in [0, 0.1) is 0 Å². The number of halogens is 2. The lowest BCUT2D eigenvalue weighted by Gasteiger charge is -2.11. The first-order valence-corrected chi connectivity index (χ1v) is 6.35. The Bertz CT molecular complexity index is 538. The van der Waals surface area contributed by atoms with Crippen molar-refractivity contribution in [2.24, 2.45) is 0 Å². The molecule has 0 aliphatic heterocycles. The van der Waals surface area contributed by atoms with Gasteiger partial charge < -0.3 is 14.8 Å². The van der Waals surface area contributed by atoms with Gasteiger partial charge in [0.25, 0.3) is 0 Å². The van der Waals surface area contributed by atoms with Gasteiger partial charge in [0.15, 0.2) is 5.75 Å². The summed E-state index contributed by atoms with van der Waals surface area (Å²) in [6, 6.07) is 12.4. The lowest BCUT2D eigenvalue weighted by molar-refractivity contribution is 0.306. The molecule has 0 unspecified atom stereocenters. The summed E-state index contributed by atoms with van der Waals surface area (Å²) >= 11 is 12.0. The van der Waals surface area contributed by atoms with Gasteiger partial charge in [-0.25, -0.2) is 0 Å². The molecule has 0 spiro atoms. The van der Waals surface area contributed by atoms with Gasteiger partial charge in [0.1, 0.15) is 6.61 Å². The van der Waals surface area contributed by atoms with Gasteiger partial charge in [-0.05, 0) is 23.2 Å². The Hall–Kier alpha value is -1.20. The van der Waals surface area contributed by atoms with Crippen molar-refractivity contribution in [1.29, 1.82) is 0 Å². The topological polar surface area (TPSA) is 49.7 Å². The molecular weight excluding hydrogens is 286 g/mol. The van der Waals surface area contributed by atoms with Crippen LogP contribution in [0.5, 0.6) is 5.75 Å². The van der Waals surface area contributed by atoms with Crippen molar-refractivity contribution in [2.45, 2.75) is 6.61 Å². The standard InChI is InChI=1S/C13H11BCl2O3/c15-11-6-10(14(17)18)7-12(16)13(11)19-8-9-4-2-1-3-5-9/h1-7,17-18H,8H2. The fourth-order valence-corrected chi connectivity index (χ4v) is 2.21. The number of hydrogen-bond acceptors (Lipinski definition) is 3. The number of benzene rings is 2. The molecule has 0 aliphatic rings. The van der Waals surface area contributed by atoms with Gasteiger partial charge >= 0.3 is 7.12 Å². The minimum Gasteiger partial charge on any atom is -0.486 e. The molecule has 0 amide bonds. The molecular formula is C13H11BCl2O3. The van der Waals surface area contributed by atoms with Gasteiger partial charge in [0.2, 0.25) is 0 Å². The van der Waals surface area contributed by atoms with Crippen LogP contribution in [0.2, 0.25) is 10.0 Å². The SMILES string of the molecule is OB(O)c1cc(Cl)c(OCc2ccccc2)c(Cl)c1. The van der Waals surface area contributed by atoms with Gasteiger partial charge in [-0.3, -0.25) is 0 Å². The molecule has 0 bridgehead atoms. The molecule has 0 aliphatic carbocycles. The summed E-state index contributed by atoms with van der Waals surface area (Å²) in [5.74, 6) is 0.330. The van der Waals surface area contributed by atoms with Crippen LogP contribution in [0.3, 0.4) is 0 Å². The lowest BCUT2D eigenvalue weighted by atomic mass is 9.80. The molecule has 98 valence electrons. The summed E-state index contributed by atoms with van der Waals surface area (Å²) < 4.78 is 5.56. The Balaban J connectivity index is 2.17. The summed E-state index contributed by atoms with van der Waals surface area (Å²) in [7, 11) is -1.61. The van der Waals surface area contributed by atoms with Crippen LogP contribution in [0.25, 0.3) is 0 Å². The average molecular weight is 297 g/mol. The minimum atomic E-state index is -1.61. The largest absolute Gasteiger partial charge is 0.488 e. The maximum absolute atomic E-state index is 9.07. The summed E-state index contributed by atoms with van der Waals surface area (Å²) in [5, 5.41) is 18.6. The van der Waals surface area contributed by atoms with Crippen LogP contribution < -0.4 is 10.2 Å². The highest BCUT2D eigenvalue weighted by Crippen LogP contribution is 2.32. The first kappa shape index (κ1) is 14.2. The third-order valence-corrected chi connectivity index (χ3v) is 3.11. The van der Waals surface area contributed by atoms with E-state index in [9.17, 15) is 0 Å². The minimum absolute atomic E-state index is 0.224. The van der Waals surface area contributed by atoms with Gasteiger partial charge in [-0.1, -0.05) is 53.5 Å². The van der Waals surface area contributed by atoms with E-state index < -0.39 is 7.12 Å². The summed E-state index contributed by atoms with van der Waals surface area (Å²) in [5.41, 5.74) is 1.21. The van der Waals surface area contributed by atoms with E-state index in [1.807, 2.05) is 30.3 Å². The van der Waals surface area contributed by atoms with Crippen LogP contribution >= 0.6 is 23.2 Å². The average Bonchev–Trinajstić information content (AvgIpc) is 2.38. The summed E-state index contributed by atoms with van der Waals surface area (Å²) in [6.07, 6.45) is 0. The van der Waals surface area contributed by atoms with Crippen molar-refractivity contribution in [3.8, 4) is 5.75 Å². The van der Waals surface area contributed by atoms with E-state index in [0.29, 0.717) is 12.4 Å². The quantitative estimate of drug-likeness (QED) is 0.851. The second-order valence-electron chi connectivity index (χ2n) is 3.96. The third-order valence-electron chi connectivity index (χ3n) is 2.54. The summed E-state index contributed by atoms with van der Waals surface area (Å²) in [4.78, 5) is 0. The molecule has 0 atom stereocenters. The van der Waals surface area contributed by atoms with Gasteiger partial charge in [0.05, 0.1) is 10.0 Å². The van der Waals surface area contributed by atoms with E-state index in [2.05, 4.69) is 0 Å². The monoisotopic (exact) mass is 296 g/mol. The molecule has 0 radical (unpaired) electrons. The predicted octanol–water partition coefficient (Wildman–Crippen LogP) is 2.25. The molecule has 2 N–H and O–H groups in total. The van der Waals surface area contributed by atoms with E-state index in [1.54, 1.807) is 0 Å². The first-order valence-electron chi connectivity index (χ1n) is 5.59. The zero-order chi connectivity index (χ0) is 13.8. The Morgan fingerprint density at radius 2 is 1.58 bits per heavy atom. The first-order chi connectivity index (χ1) is 9.08. The van der Waals surface area contributed by atoms with E-state index in [1.165, 1.54) is 12.1 Å². The van der Waals surface area contributed by atoms with E-state index in [0.717, 1.165) is 5.56 Å². The second-order valence-corrected chi connectivity index (χ2v) is 4.78. The molecule has 19 heavy (non-hydrogen) atoms. The predicted molar refractivity (Wildman–Crippen MR) is 77.1 cm³/mol. The molecule has 0 saturated heterocycles. The molecule has 3 nitrogen and oxygen atoms in total. The van der Waals surface area contributed by atoms with Gasteiger partial charge in [0, 0.05) is 0 Å². The third kappa shape index (κ3) is 3.64. The maximum Gasteiger partial charge on any atom is 0.488 e. The van der Waals surface area contributed by atoms with Crippen LogP contribution in [0.4, 0.5) is 0 Å². The van der Waals surface area contributed by atoms with E-state index in [4.69, 9.17) is 38.0 Å². The molecule has 2 rings (SSSR count). The number of ether oxygens (including phenoxy) is 1. The number of rotatable bonds is 4. The van der Waals surface area contributed by atoms with Crippen LogP contribution in [0.15, 0.2) is 42.5 Å². The van der Waals surface area contributed by atoms with Crippen molar-refractivity contribution in [2.75, 3.05) is 0 Å². The molecule has 0 heterocycles. The van der Waals surface area contributed by atoms with E-state index >= 15 is 0 Å². The molecule has 2 aromatic rings. The molecule has 2 aromatic carbocycles. The van der Waals surface area contributed by atoms with Crippen molar-refractivity contribution in [1.82, 2.24) is 0 Å². The molecule has 6 heteroatoms. The highest BCUT2D eigenvalue weighted by molar-refractivity contribution is 6.59. The molecule has 0 aromatic heterocycles. The smallest absolute Gasteiger partial charge is 0.486 e. The Morgan fingerprint density at radius 1 is 1.00 bits per heavy atom. The molecule has 0 saturated carbocycles. The zero-order valence-electron chi connectivity index (χ0n) is 9.88. The highest BCUT2D eigenvalue weighted by atomic mass is 35.5. The fourth-order valence-electron chi connectivity index (χ4n) is 1.60. The van der Waals surface area contributed by atoms with Crippen molar-refractivity contribution >= 4 is 35.8 Å². The van der Waals surface area contributed by atoms with E-state index in [-0.39, 0.29) is 15.5 Å². The Kier molecular flexibility index (Phi) is 4.72. The molecule has 0 fully saturated rings. The normalized spacial score (nSPS) is 10.3. The van der Waals surface area contributed by atoms with Crippen LogP contribution in [-0.2, 0) is 6.61 Å². The number of hydrogen-bond donors (Lipinski definition) is 2. The zero-order valence-corrected chi connectivity index (χ0v) is 11.4. The highest BCUT2D eigenvalue weighted by Gasteiger charge is 2.17. The Labute approximate surface area is 121 Å². The lowest BCUT2D eigenvalue weighted by Crippen LogP contribution is -2.29. The summed E-state index contributed by atoms with van der Waals surface area (Å²) in [6.45, 7) is 0.335. The second kappa shape index (κ2) is 6.30. The van der Waals surface area contributed by atoms with Gasteiger partial charge in [-0.2, -0.15) is 0 Å².